The lowest BCUT2D eigenvalue weighted by Crippen LogP contribution is -2.52. The van der Waals surface area contributed by atoms with Gasteiger partial charge in [-0.15, -0.1) is 0 Å². The number of carboxylic acid groups (broad SMARTS) is 1. The lowest BCUT2D eigenvalue weighted by Gasteiger charge is -2.31. The first kappa shape index (κ1) is 10.8. The van der Waals surface area contributed by atoms with E-state index in [1.54, 1.807) is 0 Å². The van der Waals surface area contributed by atoms with Crippen LogP contribution in [0.4, 0.5) is 0 Å². The summed E-state index contributed by atoms with van der Waals surface area (Å²) in [4.78, 5) is 10.5. The summed E-state index contributed by atoms with van der Waals surface area (Å²) in [5, 5.41) is 33.2. The predicted molar refractivity (Wildman–Crippen MR) is 50.6 cm³/mol. The van der Waals surface area contributed by atoms with E-state index in [0.29, 0.717) is 6.42 Å². The molecule has 2 aliphatic rings. The van der Waals surface area contributed by atoms with E-state index in [-0.39, 0.29) is 12.3 Å². The minimum absolute atomic E-state index is 0.00500. The lowest BCUT2D eigenvalue weighted by molar-refractivity contribution is -0.137. The van der Waals surface area contributed by atoms with Crippen molar-refractivity contribution < 1.29 is 20.1 Å². The summed E-state index contributed by atoms with van der Waals surface area (Å²) in [5.41, 5.74) is -0.669. The van der Waals surface area contributed by atoms with Gasteiger partial charge < -0.3 is 15.3 Å². The molecule has 5 N–H and O–H groups in total. The average Bonchev–Trinajstić information content (AvgIpc) is 2.91. The van der Waals surface area contributed by atoms with E-state index in [9.17, 15) is 15.0 Å². The fraction of sp³-hybridized carbons (Fsp3) is 0.889. The van der Waals surface area contributed by atoms with Crippen LogP contribution in [0, 0.1) is 5.92 Å². The first-order valence-corrected chi connectivity index (χ1v) is 5.16. The maximum absolute atomic E-state index is 10.5. The number of rotatable bonds is 4. The van der Waals surface area contributed by atoms with Gasteiger partial charge in [0.05, 0.1) is 5.54 Å². The minimum atomic E-state index is -0.950. The summed E-state index contributed by atoms with van der Waals surface area (Å²) in [6.45, 7) is 0. The van der Waals surface area contributed by atoms with Crippen molar-refractivity contribution in [2.24, 2.45) is 5.92 Å². The Morgan fingerprint density at radius 2 is 2.07 bits per heavy atom. The normalized spacial score (nSPS) is 40.7. The van der Waals surface area contributed by atoms with E-state index in [0.717, 1.165) is 12.8 Å². The van der Waals surface area contributed by atoms with Crippen LogP contribution in [0.2, 0.25) is 0 Å². The largest absolute Gasteiger partial charge is 0.481 e. The Hall–Kier alpha value is -0.690. The van der Waals surface area contributed by atoms with Crippen LogP contribution >= 0.6 is 0 Å². The number of nitrogens with one attached hydrogen (secondary N) is 2. The standard InChI is InChI=1S/C9H16N2O4/c12-6(13)3-4-9(5-1-2-5)7(14)10-8(15)11-9/h5,7-8,10-11,14-15H,1-4H2,(H,12,13)/t7-,8+,9-/m0/s1. The molecule has 1 saturated heterocycles. The van der Waals surface area contributed by atoms with E-state index in [2.05, 4.69) is 10.6 Å². The second-order valence-electron chi connectivity index (χ2n) is 4.32. The zero-order chi connectivity index (χ0) is 11.1. The second-order valence-corrected chi connectivity index (χ2v) is 4.32. The molecule has 86 valence electrons. The fourth-order valence-corrected chi connectivity index (χ4v) is 2.34. The molecule has 0 aromatic rings. The number of carbonyl (C=O) groups is 1. The molecule has 0 amide bonds. The summed E-state index contributed by atoms with van der Waals surface area (Å²) in [6, 6.07) is 0. The Morgan fingerprint density at radius 1 is 1.40 bits per heavy atom. The Kier molecular flexibility index (Phi) is 2.68. The van der Waals surface area contributed by atoms with E-state index >= 15 is 0 Å². The van der Waals surface area contributed by atoms with Gasteiger partial charge in [-0.05, 0) is 25.2 Å². The van der Waals surface area contributed by atoms with E-state index in [4.69, 9.17) is 5.11 Å². The maximum Gasteiger partial charge on any atom is 0.303 e. The number of aliphatic hydroxyl groups is 2. The summed E-state index contributed by atoms with van der Waals surface area (Å²) < 4.78 is 0. The van der Waals surface area contributed by atoms with Crippen LogP contribution in [0.15, 0.2) is 0 Å². The number of aliphatic hydroxyl groups excluding tert-OH is 2. The summed E-state index contributed by atoms with van der Waals surface area (Å²) >= 11 is 0. The molecule has 0 radical (unpaired) electrons. The van der Waals surface area contributed by atoms with Crippen molar-refractivity contribution in [2.45, 2.75) is 43.8 Å². The highest BCUT2D eigenvalue weighted by Gasteiger charge is 2.54. The van der Waals surface area contributed by atoms with Crippen LogP contribution in [-0.4, -0.2) is 39.4 Å². The van der Waals surface area contributed by atoms with Crippen molar-refractivity contribution in [3.63, 3.8) is 0 Å². The highest BCUT2D eigenvalue weighted by atomic mass is 16.4. The molecule has 0 aromatic carbocycles. The molecule has 0 aromatic heterocycles. The van der Waals surface area contributed by atoms with E-state index in [1.807, 2.05) is 0 Å². The molecule has 2 rings (SSSR count). The van der Waals surface area contributed by atoms with Crippen molar-refractivity contribution in [3.8, 4) is 0 Å². The smallest absolute Gasteiger partial charge is 0.303 e. The van der Waals surface area contributed by atoms with Crippen molar-refractivity contribution in [2.75, 3.05) is 0 Å². The van der Waals surface area contributed by atoms with Gasteiger partial charge in [0, 0.05) is 6.42 Å². The van der Waals surface area contributed by atoms with Crippen LogP contribution < -0.4 is 10.6 Å². The van der Waals surface area contributed by atoms with Gasteiger partial charge in [-0.3, -0.25) is 15.4 Å². The Labute approximate surface area is 87.3 Å². The molecular weight excluding hydrogens is 200 g/mol. The third-order valence-corrected chi connectivity index (χ3v) is 3.27. The molecule has 0 spiro atoms. The molecular formula is C9H16N2O4. The summed E-state index contributed by atoms with van der Waals surface area (Å²) in [7, 11) is 0. The molecule has 0 bridgehead atoms. The second kappa shape index (κ2) is 3.71. The number of carboxylic acids is 1. The summed E-state index contributed by atoms with van der Waals surface area (Å²) in [6.07, 6.45) is 0.442. The Bertz CT molecular complexity index is 269. The van der Waals surface area contributed by atoms with Gasteiger partial charge in [-0.1, -0.05) is 0 Å². The molecule has 2 fully saturated rings. The number of hydrogen-bond donors (Lipinski definition) is 5. The maximum atomic E-state index is 10.5. The van der Waals surface area contributed by atoms with Gasteiger partial charge in [-0.2, -0.15) is 0 Å². The van der Waals surface area contributed by atoms with E-state index in [1.165, 1.54) is 0 Å². The first-order chi connectivity index (χ1) is 7.04. The SMILES string of the molecule is O=C(O)CC[C@@]1(C2CC2)N[C@H](O)N[C@H]1O. The topological polar surface area (TPSA) is 102 Å². The third kappa shape index (κ3) is 1.98. The van der Waals surface area contributed by atoms with Crippen LogP contribution in [0.1, 0.15) is 25.7 Å². The van der Waals surface area contributed by atoms with Gasteiger partial charge in [0.2, 0.25) is 0 Å². The predicted octanol–water partition coefficient (Wildman–Crippen LogP) is -1.21. The van der Waals surface area contributed by atoms with Gasteiger partial charge >= 0.3 is 5.97 Å². The van der Waals surface area contributed by atoms with Gasteiger partial charge in [0.15, 0.2) is 6.35 Å². The van der Waals surface area contributed by atoms with Crippen molar-refractivity contribution in [1.82, 2.24) is 10.6 Å². The molecule has 1 saturated carbocycles. The van der Waals surface area contributed by atoms with E-state index < -0.39 is 24.1 Å². The first-order valence-electron chi connectivity index (χ1n) is 5.16. The van der Waals surface area contributed by atoms with Gasteiger partial charge in [0.1, 0.15) is 6.23 Å². The fourth-order valence-electron chi connectivity index (χ4n) is 2.34. The minimum Gasteiger partial charge on any atom is -0.481 e. The Balaban J connectivity index is 2.06. The average molecular weight is 216 g/mol. The zero-order valence-corrected chi connectivity index (χ0v) is 8.31. The van der Waals surface area contributed by atoms with Gasteiger partial charge in [0.25, 0.3) is 0 Å². The molecule has 3 atom stereocenters. The zero-order valence-electron chi connectivity index (χ0n) is 8.31. The highest BCUT2D eigenvalue weighted by Crippen LogP contribution is 2.45. The van der Waals surface area contributed by atoms with Crippen LogP contribution in [0.25, 0.3) is 0 Å². The monoisotopic (exact) mass is 216 g/mol. The van der Waals surface area contributed by atoms with Crippen LogP contribution in [-0.2, 0) is 4.79 Å². The molecule has 6 heteroatoms. The number of hydrogen-bond acceptors (Lipinski definition) is 5. The molecule has 1 heterocycles. The quantitative estimate of drug-likeness (QED) is 0.404. The van der Waals surface area contributed by atoms with Crippen LogP contribution in [0.5, 0.6) is 0 Å². The lowest BCUT2D eigenvalue weighted by atomic mass is 9.87. The third-order valence-electron chi connectivity index (χ3n) is 3.27. The molecule has 1 aliphatic carbocycles. The Morgan fingerprint density at radius 3 is 2.47 bits per heavy atom. The molecule has 1 aliphatic heterocycles. The van der Waals surface area contributed by atoms with Crippen molar-refractivity contribution in [3.05, 3.63) is 0 Å². The van der Waals surface area contributed by atoms with Crippen molar-refractivity contribution in [1.29, 1.82) is 0 Å². The van der Waals surface area contributed by atoms with Crippen LogP contribution in [0.3, 0.4) is 0 Å². The van der Waals surface area contributed by atoms with Crippen molar-refractivity contribution >= 4 is 5.97 Å². The number of aliphatic carboxylic acids is 1. The van der Waals surface area contributed by atoms with Gasteiger partial charge in [-0.25, -0.2) is 0 Å². The molecule has 0 unspecified atom stereocenters. The summed E-state index contributed by atoms with van der Waals surface area (Å²) in [5.74, 6) is -0.623. The molecule has 15 heavy (non-hydrogen) atoms. The highest BCUT2D eigenvalue weighted by molar-refractivity contribution is 5.66. The molecule has 6 nitrogen and oxygen atoms in total.